The molecule has 44 heavy (non-hydrogen) atoms. The molecule has 5 rings (SSSR count). The minimum atomic E-state index is -4.74. The number of anilines is 2. The SMILES string of the molecule is Cc1cc(Nc2nccn3c(-c4cn(CC#N)nc4C(F)(F)F)cnc23)ccc1C(=O)NCCCNC(=O)[C@@H]1C[C@@H](O)CN1. The second-order valence-electron chi connectivity index (χ2n) is 10.3. The van der Waals surface area contributed by atoms with Gasteiger partial charge in [0.15, 0.2) is 17.2 Å². The molecule has 1 aliphatic heterocycles. The number of imidazole rings is 1. The highest BCUT2D eigenvalue weighted by Gasteiger charge is 2.38. The Hall–Kier alpha value is -5.01. The van der Waals surface area contributed by atoms with Crippen LogP contribution >= 0.6 is 0 Å². The summed E-state index contributed by atoms with van der Waals surface area (Å²) in [6.07, 6.45) is 0.970. The first kappa shape index (κ1) is 30.4. The average Bonchev–Trinajstić information content (AvgIpc) is 3.71. The lowest BCUT2D eigenvalue weighted by Crippen LogP contribution is -2.41. The van der Waals surface area contributed by atoms with Crippen LogP contribution in [0.4, 0.5) is 24.7 Å². The number of hydrogen-bond donors (Lipinski definition) is 5. The molecule has 0 aliphatic carbocycles. The average molecular weight is 611 g/mol. The van der Waals surface area contributed by atoms with Gasteiger partial charge in [-0.3, -0.25) is 18.7 Å². The molecular weight excluding hydrogens is 581 g/mol. The number of aryl methyl sites for hydroxylation is 1. The van der Waals surface area contributed by atoms with Crippen molar-refractivity contribution >= 4 is 29.0 Å². The Kier molecular flexibility index (Phi) is 8.78. The lowest BCUT2D eigenvalue weighted by Gasteiger charge is -2.13. The van der Waals surface area contributed by atoms with Gasteiger partial charge in [-0.1, -0.05) is 0 Å². The number of aliphatic hydroxyl groups is 1. The van der Waals surface area contributed by atoms with Crippen LogP contribution in [0.15, 0.2) is 43.0 Å². The molecule has 4 aromatic rings. The van der Waals surface area contributed by atoms with E-state index < -0.39 is 24.0 Å². The predicted octanol–water partition coefficient (Wildman–Crippen LogP) is 2.15. The molecule has 5 N–H and O–H groups in total. The molecule has 1 aromatic carbocycles. The zero-order chi connectivity index (χ0) is 31.4. The number of aliphatic hydroxyl groups excluding tert-OH is 1. The highest BCUT2D eigenvalue weighted by atomic mass is 19.4. The molecule has 0 bridgehead atoms. The molecule has 2 atom stereocenters. The van der Waals surface area contributed by atoms with Crippen molar-refractivity contribution in [2.75, 3.05) is 25.0 Å². The molecule has 4 heterocycles. The summed E-state index contributed by atoms with van der Waals surface area (Å²) < 4.78 is 43.5. The lowest BCUT2D eigenvalue weighted by molar-refractivity contribution is -0.141. The first-order valence-electron chi connectivity index (χ1n) is 13.7. The molecule has 2 amide bonds. The highest BCUT2D eigenvalue weighted by Crippen LogP contribution is 2.37. The monoisotopic (exact) mass is 610 g/mol. The minimum absolute atomic E-state index is 0.124. The van der Waals surface area contributed by atoms with E-state index in [9.17, 15) is 27.9 Å². The third kappa shape index (κ3) is 6.63. The number of β-amino-alcohol motifs (C(OH)–C–C–N with tert-alkyl or cyclic N) is 1. The number of hydrogen-bond acceptors (Lipinski definition) is 9. The van der Waals surface area contributed by atoms with Crippen molar-refractivity contribution in [2.24, 2.45) is 0 Å². The van der Waals surface area contributed by atoms with Crippen LogP contribution in [-0.2, 0) is 17.5 Å². The first-order chi connectivity index (χ1) is 21.0. The number of halogens is 3. The molecule has 1 saturated heterocycles. The van der Waals surface area contributed by atoms with Crippen molar-refractivity contribution < 1.29 is 27.9 Å². The summed E-state index contributed by atoms with van der Waals surface area (Å²) in [4.78, 5) is 33.4. The van der Waals surface area contributed by atoms with Gasteiger partial charge in [-0.15, -0.1) is 0 Å². The number of rotatable bonds is 10. The summed E-state index contributed by atoms with van der Waals surface area (Å²) in [5.41, 5.74) is 0.729. The summed E-state index contributed by atoms with van der Waals surface area (Å²) in [6.45, 7) is 2.54. The maximum atomic E-state index is 13.7. The fourth-order valence-electron chi connectivity index (χ4n) is 4.95. The third-order valence-electron chi connectivity index (χ3n) is 7.06. The number of nitrogens with zero attached hydrogens (tertiary/aromatic N) is 6. The van der Waals surface area contributed by atoms with Crippen molar-refractivity contribution in [1.29, 1.82) is 5.26 Å². The lowest BCUT2D eigenvalue weighted by atomic mass is 10.1. The predicted molar refractivity (Wildman–Crippen MR) is 152 cm³/mol. The Bertz CT molecular complexity index is 1730. The van der Waals surface area contributed by atoms with Crippen LogP contribution in [0.2, 0.25) is 0 Å². The second kappa shape index (κ2) is 12.7. The van der Waals surface area contributed by atoms with E-state index in [4.69, 9.17) is 5.26 Å². The molecular formula is C28H29F3N10O3. The van der Waals surface area contributed by atoms with E-state index in [1.165, 1.54) is 23.0 Å². The quantitative estimate of drug-likeness (QED) is 0.169. The van der Waals surface area contributed by atoms with Gasteiger partial charge in [-0.2, -0.15) is 23.5 Å². The molecule has 0 radical (unpaired) electrons. The fraction of sp³-hybridized carbons (Fsp3) is 0.357. The molecule has 0 spiro atoms. The summed E-state index contributed by atoms with van der Waals surface area (Å²) in [5, 5.41) is 33.7. The van der Waals surface area contributed by atoms with Gasteiger partial charge in [0, 0.05) is 49.5 Å². The van der Waals surface area contributed by atoms with E-state index in [1.54, 1.807) is 31.2 Å². The Labute approximate surface area is 249 Å². The smallest absolute Gasteiger partial charge is 0.392 e. The molecule has 13 nitrogen and oxygen atoms in total. The number of amides is 2. The number of benzene rings is 1. The van der Waals surface area contributed by atoms with Gasteiger partial charge < -0.3 is 26.4 Å². The number of carbonyl (C=O) groups is 2. The number of nitriles is 1. The zero-order valence-corrected chi connectivity index (χ0v) is 23.5. The van der Waals surface area contributed by atoms with Gasteiger partial charge in [-0.05, 0) is 43.5 Å². The summed E-state index contributed by atoms with van der Waals surface area (Å²) in [6, 6.07) is 6.43. The van der Waals surface area contributed by atoms with Crippen LogP contribution in [0.3, 0.4) is 0 Å². The zero-order valence-electron chi connectivity index (χ0n) is 23.5. The van der Waals surface area contributed by atoms with E-state index >= 15 is 0 Å². The van der Waals surface area contributed by atoms with Crippen molar-refractivity contribution in [2.45, 2.75) is 44.6 Å². The first-order valence-corrected chi connectivity index (χ1v) is 13.7. The molecule has 1 fully saturated rings. The van der Waals surface area contributed by atoms with Crippen LogP contribution in [0, 0.1) is 18.3 Å². The van der Waals surface area contributed by atoms with Gasteiger partial charge >= 0.3 is 6.18 Å². The number of alkyl halides is 3. The number of nitrogens with one attached hydrogen (secondary N) is 4. The van der Waals surface area contributed by atoms with E-state index in [0.717, 1.165) is 10.9 Å². The standard InChI is InChI=1S/C28H29F3N10O3/c1-16-11-17(3-4-19(16)26(43)34-6-2-7-35-27(44)21-12-18(42)13-36-21)38-24-25-37-14-22(41(25)10-8-33-24)20-15-40(9-5-32)39-23(20)28(29,30)31/h3-4,8,10-11,14-15,18,21,36,42H,2,6-7,9,12-13H2,1H3,(H,33,38)(H,34,43)(H,35,44)/t18-,21+/m1/s1. The van der Waals surface area contributed by atoms with Crippen LogP contribution in [0.25, 0.3) is 16.9 Å². The van der Waals surface area contributed by atoms with Gasteiger partial charge in [0.1, 0.15) is 6.54 Å². The number of fused-ring (bicyclic) bond motifs is 1. The van der Waals surface area contributed by atoms with Gasteiger partial charge in [0.25, 0.3) is 5.91 Å². The van der Waals surface area contributed by atoms with E-state index in [0.29, 0.717) is 49.3 Å². The van der Waals surface area contributed by atoms with Crippen molar-refractivity contribution in [3.05, 3.63) is 59.8 Å². The van der Waals surface area contributed by atoms with E-state index in [2.05, 4.69) is 36.3 Å². The maximum Gasteiger partial charge on any atom is 0.435 e. The van der Waals surface area contributed by atoms with Gasteiger partial charge in [-0.25, -0.2) is 9.97 Å². The molecule has 0 saturated carbocycles. The van der Waals surface area contributed by atoms with Crippen molar-refractivity contribution in [3.63, 3.8) is 0 Å². The number of carbonyl (C=O) groups excluding carboxylic acids is 2. The van der Waals surface area contributed by atoms with Gasteiger partial charge in [0.05, 0.1) is 35.7 Å². The fourth-order valence-corrected chi connectivity index (χ4v) is 4.95. The number of aromatic nitrogens is 5. The highest BCUT2D eigenvalue weighted by molar-refractivity contribution is 5.96. The summed E-state index contributed by atoms with van der Waals surface area (Å²) in [5.74, 6) is -0.185. The molecule has 1 aliphatic rings. The van der Waals surface area contributed by atoms with Crippen LogP contribution < -0.4 is 21.3 Å². The van der Waals surface area contributed by atoms with Crippen LogP contribution in [0.5, 0.6) is 0 Å². The van der Waals surface area contributed by atoms with E-state index in [1.807, 2.05) is 0 Å². The van der Waals surface area contributed by atoms with Crippen molar-refractivity contribution in [3.8, 4) is 17.3 Å². The summed E-state index contributed by atoms with van der Waals surface area (Å²) >= 11 is 0. The van der Waals surface area contributed by atoms with E-state index in [-0.39, 0.29) is 41.1 Å². The maximum absolute atomic E-state index is 13.7. The van der Waals surface area contributed by atoms with Crippen molar-refractivity contribution in [1.82, 2.24) is 40.1 Å². The van der Waals surface area contributed by atoms with Crippen LogP contribution in [0.1, 0.15) is 34.5 Å². The molecule has 16 heteroatoms. The Morgan fingerprint density at radius 2 is 2.02 bits per heavy atom. The summed E-state index contributed by atoms with van der Waals surface area (Å²) in [7, 11) is 0. The third-order valence-corrected chi connectivity index (χ3v) is 7.06. The van der Waals surface area contributed by atoms with Gasteiger partial charge in [0.2, 0.25) is 5.91 Å². The van der Waals surface area contributed by atoms with Crippen LogP contribution in [-0.4, -0.2) is 72.9 Å². The minimum Gasteiger partial charge on any atom is -0.392 e. The molecule has 3 aromatic heterocycles. The molecule has 0 unspecified atom stereocenters. The largest absolute Gasteiger partial charge is 0.435 e. The Morgan fingerprint density at radius 1 is 1.23 bits per heavy atom. The normalized spacial score (nSPS) is 16.5. The Balaban J connectivity index is 1.23. The molecule has 230 valence electrons. The Morgan fingerprint density at radius 3 is 2.73 bits per heavy atom. The second-order valence-corrected chi connectivity index (χ2v) is 10.3. The topological polar surface area (TPSA) is 174 Å².